The van der Waals surface area contributed by atoms with E-state index in [1.54, 1.807) is 43.3 Å². The molecule has 0 saturated heterocycles. The number of carbonyl (C=O) groups excluding carboxylic acids is 1. The van der Waals surface area contributed by atoms with Crippen molar-refractivity contribution in [3.63, 3.8) is 0 Å². The van der Waals surface area contributed by atoms with Crippen LogP contribution in [-0.4, -0.2) is 15.5 Å². The zero-order valence-electron chi connectivity index (χ0n) is 13.3. The van der Waals surface area contributed by atoms with E-state index in [1.807, 2.05) is 0 Å². The number of H-pyrrole nitrogens is 1. The van der Waals surface area contributed by atoms with Gasteiger partial charge in [0.15, 0.2) is 0 Å². The zero-order chi connectivity index (χ0) is 18.0. The van der Waals surface area contributed by atoms with Crippen molar-refractivity contribution in [3.05, 3.63) is 73.8 Å². The number of hydrogen-bond acceptors (Lipinski definition) is 4. The summed E-state index contributed by atoms with van der Waals surface area (Å²) >= 11 is 5.88. The molecule has 0 aliphatic carbocycles. The summed E-state index contributed by atoms with van der Waals surface area (Å²) in [5.41, 5.74) is 5.93. The number of benzene rings is 2. The summed E-state index contributed by atoms with van der Waals surface area (Å²) in [5.74, 6) is -0.392. The molecule has 0 fully saturated rings. The lowest BCUT2D eigenvalue weighted by Gasteiger charge is -2.11. The molecule has 0 atom stereocenters. The van der Waals surface area contributed by atoms with Crippen molar-refractivity contribution in [2.75, 3.05) is 5.43 Å². The van der Waals surface area contributed by atoms with Crippen molar-refractivity contribution < 1.29 is 4.79 Å². The quantitative estimate of drug-likeness (QED) is 0.491. The first-order valence-electron chi connectivity index (χ1n) is 7.58. The summed E-state index contributed by atoms with van der Waals surface area (Å²) in [6.07, 6.45) is 0. The molecule has 1 amide bonds. The Morgan fingerprint density at radius 2 is 2.00 bits per heavy atom. The number of amides is 1. The van der Waals surface area contributed by atoms with Crippen molar-refractivity contribution in [1.29, 1.82) is 0 Å². The Bertz CT molecular complexity index is 1070. The van der Waals surface area contributed by atoms with Crippen molar-refractivity contribution in [2.45, 2.75) is 13.5 Å². The summed E-state index contributed by atoms with van der Waals surface area (Å²) < 4.78 is 1.36. The van der Waals surface area contributed by atoms with Crippen LogP contribution in [0, 0.1) is 0 Å². The predicted octanol–water partition coefficient (Wildman–Crippen LogP) is 2.12. The van der Waals surface area contributed by atoms with Gasteiger partial charge in [-0.3, -0.25) is 25.2 Å². The molecule has 1 aromatic heterocycles. The Balaban J connectivity index is 1.88. The van der Waals surface area contributed by atoms with Gasteiger partial charge in [-0.15, -0.1) is 0 Å². The second kappa shape index (κ2) is 6.82. The minimum Gasteiger partial charge on any atom is -0.316 e. The van der Waals surface area contributed by atoms with Crippen LogP contribution in [0.5, 0.6) is 0 Å². The van der Waals surface area contributed by atoms with Gasteiger partial charge in [0.2, 0.25) is 0 Å². The van der Waals surface area contributed by atoms with Crippen LogP contribution in [-0.2, 0) is 6.54 Å². The smallest absolute Gasteiger partial charge is 0.316 e. The minimum atomic E-state index is -0.719. The molecule has 8 heteroatoms. The predicted molar refractivity (Wildman–Crippen MR) is 97.0 cm³/mol. The van der Waals surface area contributed by atoms with Crippen LogP contribution in [0.25, 0.3) is 11.0 Å². The maximum Gasteiger partial charge on any atom is 0.316 e. The number of aromatic nitrogens is 2. The Kier molecular flexibility index (Phi) is 4.58. The van der Waals surface area contributed by atoms with Gasteiger partial charge in [0.05, 0.1) is 16.7 Å². The lowest BCUT2D eigenvalue weighted by Crippen LogP contribution is -2.36. The first kappa shape index (κ1) is 16.8. The lowest BCUT2D eigenvalue weighted by atomic mass is 10.2. The van der Waals surface area contributed by atoms with E-state index in [4.69, 9.17) is 11.6 Å². The molecule has 25 heavy (non-hydrogen) atoms. The number of aromatic amines is 1. The van der Waals surface area contributed by atoms with E-state index < -0.39 is 17.0 Å². The molecule has 0 aliphatic rings. The van der Waals surface area contributed by atoms with Gasteiger partial charge in [0.25, 0.3) is 5.91 Å². The van der Waals surface area contributed by atoms with Crippen LogP contribution >= 0.6 is 11.6 Å². The number of hydrogen-bond donors (Lipinski definition) is 3. The third-order valence-corrected chi connectivity index (χ3v) is 3.93. The average Bonchev–Trinajstić information content (AvgIpc) is 2.60. The van der Waals surface area contributed by atoms with Crippen LogP contribution in [0.1, 0.15) is 17.3 Å². The highest BCUT2D eigenvalue weighted by Gasteiger charge is 2.10. The van der Waals surface area contributed by atoms with Crippen LogP contribution in [0.2, 0.25) is 5.02 Å². The lowest BCUT2D eigenvalue weighted by molar-refractivity contribution is 0.0963. The number of hydrazine groups is 1. The third kappa shape index (κ3) is 3.41. The molecule has 0 aliphatic heterocycles. The summed E-state index contributed by atoms with van der Waals surface area (Å²) in [6, 6.07) is 11.6. The molecule has 128 valence electrons. The fourth-order valence-electron chi connectivity index (χ4n) is 2.50. The summed E-state index contributed by atoms with van der Waals surface area (Å²) in [7, 11) is 0. The number of rotatable bonds is 4. The molecule has 0 spiro atoms. The van der Waals surface area contributed by atoms with E-state index in [0.717, 1.165) is 0 Å². The number of nitrogens with one attached hydrogen (secondary N) is 3. The fraction of sp³-hybridized carbons (Fsp3) is 0.118. The highest BCUT2D eigenvalue weighted by atomic mass is 35.5. The summed E-state index contributed by atoms with van der Waals surface area (Å²) in [6.45, 7) is 2.14. The van der Waals surface area contributed by atoms with Gasteiger partial charge in [0, 0.05) is 17.1 Å². The van der Waals surface area contributed by atoms with Crippen LogP contribution < -0.4 is 22.0 Å². The number of halogens is 1. The van der Waals surface area contributed by atoms with E-state index in [9.17, 15) is 14.4 Å². The SMILES string of the molecule is CCn1c(=O)c(=O)[nH]c2cc(C(=O)NNc3cccc(Cl)c3)ccc21. The van der Waals surface area contributed by atoms with Crippen molar-refractivity contribution in [2.24, 2.45) is 0 Å². The normalized spacial score (nSPS) is 10.6. The van der Waals surface area contributed by atoms with Crippen molar-refractivity contribution >= 4 is 34.2 Å². The van der Waals surface area contributed by atoms with Gasteiger partial charge >= 0.3 is 11.1 Å². The van der Waals surface area contributed by atoms with Gasteiger partial charge < -0.3 is 9.55 Å². The van der Waals surface area contributed by atoms with E-state index in [1.165, 1.54) is 10.6 Å². The Hall–Kier alpha value is -3.06. The van der Waals surface area contributed by atoms with Gasteiger partial charge in [-0.2, -0.15) is 0 Å². The number of aryl methyl sites for hydroxylation is 1. The highest BCUT2D eigenvalue weighted by molar-refractivity contribution is 6.30. The van der Waals surface area contributed by atoms with Gasteiger partial charge in [0.1, 0.15) is 0 Å². The molecular formula is C17H15ClN4O3. The number of fused-ring (bicyclic) bond motifs is 1. The molecule has 0 radical (unpaired) electrons. The first-order valence-corrected chi connectivity index (χ1v) is 7.96. The molecule has 3 aromatic rings. The Morgan fingerprint density at radius 1 is 1.20 bits per heavy atom. The molecule has 3 N–H and O–H groups in total. The molecular weight excluding hydrogens is 344 g/mol. The monoisotopic (exact) mass is 358 g/mol. The molecule has 0 bridgehead atoms. The fourth-order valence-corrected chi connectivity index (χ4v) is 2.69. The second-order valence-electron chi connectivity index (χ2n) is 5.32. The molecule has 1 heterocycles. The van der Waals surface area contributed by atoms with E-state index >= 15 is 0 Å². The standard InChI is InChI=1S/C17H15ClN4O3/c1-2-22-14-7-6-10(8-13(14)19-16(24)17(22)25)15(23)21-20-12-5-3-4-11(18)9-12/h3-9,20H,2H2,1H3,(H,19,24)(H,21,23). The Morgan fingerprint density at radius 3 is 2.72 bits per heavy atom. The van der Waals surface area contributed by atoms with E-state index in [2.05, 4.69) is 15.8 Å². The Labute approximate surface area is 147 Å². The molecule has 0 saturated carbocycles. The topological polar surface area (TPSA) is 96.0 Å². The number of nitrogens with zero attached hydrogens (tertiary/aromatic N) is 1. The zero-order valence-corrected chi connectivity index (χ0v) is 14.1. The third-order valence-electron chi connectivity index (χ3n) is 3.70. The molecule has 0 unspecified atom stereocenters. The largest absolute Gasteiger partial charge is 0.316 e. The van der Waals surface area contributed by atoms with Gasteiger partial charge in [-0.25, -0.2) is 0 Å². The maximum absolute atomic E-state index is 12.3. The van der Waals surface area contributed by atoms with Crippen molar-refractivity contribution in [3.8, 4) is 0 Å². The van der Waals surface area contributed by atoms with Crippen LogP contribution in [0.4, 0.5) is 5.69 Å². The molecule has 7 nitrogen and oxygen atoms in total. The number of anilines is 1. The first-order chi connectivity index (χ1) is 12.0. The van der Waals surface area contributed by atoms with Gasteiger partial charge in [-0.05, 0) is 43.3 Å². The summed E-state index contributed by atoms with van der Waals surface area (Å²) in [4.78, 5) is 38.3. The van der Waals surface area contributed by atoms with Crippen LogP contribution in [0.15, 0.2) is 52.1 Å². The average molecular weight is 359 g/mol. The minimum absolute atomic E-state index is 0.332. The number of carbonyl (C=O) groups is 1. The van der Waals surface area contributed by atoms with E-state index in [0.29, 0.717) is 33.9 Å². The van der Waals surface area contributed by atoms with E-state index in [-0.39, 0.29) is 0 Å². The maximum atomic E-state index is 12.3. The van der Waals surface area contributed by atoms with Gasteiger partial charge in [-0.1, -0.05) is 17.7 Å². The molecule has 3 rings (SSSR count). The summed E-state index contributed by atoms with van der Waals surface area (Å²) in [5, 5.41) is 0.542. The van der Waals surface area contributed by atoms with Crippen LogP contribution in [0.3, 0.4) is 0 Å². The van der Waals surface area contributed by atoms with Crippen molar-refractivity contribution in [1.82, 2.24) is 15.0 Å². The second-order valence-corrected chi connectivity index (χ2v) is 5.76. The highest BCUT2D eigenvalue weighted by Crippen LogP contribution is 2.15. The molecule has 2 aromatic carbocycles.